The highest BCUT2D eigenvalue weighted by Crippen LogP contribution is 2.10. The van der Waals surface area contributed by atoms with E-state index >= 15 is 0 Å². The molecule has 1 atom stereocenters. The average molecular weight is 229 g/mol. The van der Waals surface area contributed by atoms with Crippen LogP contribution in [0.5, 0.6) is 0 Å². The molecule has 0 aliphatic heterocycles. The molecule has 0 saturated carbocycles. The molecule has 0 aliphatic carbocycles. The van der Waals surface area contributed by atoms with Crippen LogP contribution in [0.3, 0.4) is 0 Å². The lowest BCUT2D eigenvalue weighted by Gasteiger charge is -2.11. The number of hydrogen-bond acceptors (Lipinski definition) is 5. The molecule has 0 radical (unpaired) electrons. The van der Waals surface area contributed by atoms with E-state index < -0.39 is 0 Å². The van der Waals surface area contributed by atoms with E-state index in [1.165, 1.54) is 0 Å². The van der Waals surface area contributed by atoms with E-state index in [1.54, 1.807) is 7.11 Å². The highest BCUT2D eigenvalue weighted by atomic mass is 32.1. The summed E-state index contributed by atoms with van der Waals surface area (Å²) in [6.45, 7) is 4.34. The monoisotopic (exact) mass is 229 g/mol. The van der Waals surface area contributed by atoms with Gasteiger partial charge in [0.25, 0.3) is 5.91 Å². The van der Waals surface area contributed by atoms with Crippen LogP contribution in [0.1, 0.15) is 29.2 Å². The molecule has 0 aliphatic rings. The Morgan fingerprint density at radius 2 is 2.40 bits per heavy atom. The summed E-state index contributed by atoms with van der Waals surface area (Å²) in [4.78, 5) is 12.3. The topological polar surface area (TPSA) is 64.1 Å². The van der Waals surface area contributed by atoms with E-state index in [0.29, 0.717) is 11.5 Å². The van der Waals surface area contributed by atoms with Crippen molar-refractivity contribution in [1.82, 2.24) is 14.9 Å². The number of ether oxygens (including phenoxy) is 1. The highest BCUT2D eigenvalue weighted by molar-refractivity contribution is 7.08. The molecule has 84 valence electrons. The Morgan fingerprint density at radius 3 is 3.00 bits per heavy atom. The predicted octanol–water partition coefficient (Wildman–Crippen LogP) is 0.865. The van der Waals surface area contributed by atoms with E-state index in [-0.39, 0.29) is 11.9 Å². The first-order chi connectivity index (χ1) is 7.19. The van der Waals surface area contributed by atoms with Gasteiger partial charge in [0.15, 0.2) is 0 Å². The second-order valence-corrected chi connectivity index (χ2v) is 3.99. The van der Waals surface area contributed by atoms with Gasteiger partial charge in [-0.3, -0.25) is 4.79 Å². The van der Waals surface area contributed by atoms with Gasteiger partial charge in [0.1, 0.15) is 4.88 Å². The van der Waals surface area contributed by atoms with E-state index in [2.05, 4.69) is 14.9 Å². The van der Waals surface area contributed by atoms with Crippen LogP contribution < -0.4 is 5.32 Å². The van der Waals surface area contributed by atoms with Crippen LogP contribution in [-0.4, -0.2) is 35.3 Å². The summed E-state index contributed by atoms with van der Waals surface area (Å²) in [5.74, 6) is -0.119. The smallest absolute Gasteiger partial charge is 0.265 e. The second kappa shape index (κ2) is 5.77. The Balaban J connectivity index is 2.61. The highest BCUT2D eigenvalue weighted by Gasteiger charge is 2.16. The number of carbonyl (C=O) groups is 1. The molecule has 0 aromatic carbocycles. The number of rotatable bonds is 5. The van der Waals surface area contributed by atoms with E-state index in [9.17, 15) is 4.79 Å². The molecule has 15 heavy (non-hydrogen) atoms. The number of nitrogens with zero attached hydrogens (tertiary/aromatic N) is 2. The Labute approximate surface area is 93.0 Å². The maximum atomic E-state index is 11.7. The van der Waals surface area contributed by atoms with Crippen molar-refractivity contribution in [2.24, 2.45) is 0 Å². The summed E-state index contributed by atoms with van der Waals surface area (Å²) >= 11 is 1.13. The van der Waals surface area contributed by atoms with Crippen LogP contribution in [0, 0.1) is 0 Å². The minimum absolute atomic E-state index is 0.00527. The normalized spacial score (nSPS) is 12.5. The molecule has 0 fully saturated rings. The maximum absolute atomic E-state index is 11.7. The van der Waals surface area contributed by atoms with Crippen molar-refractivity contribution < 1.29 is 9.53 Å². The zero-order chi connectivity index (χ0) is 11.3. The first kappa shape index (κ1) is 12.1. The number of aromatic nitrogens is 2. The van der Waals surface area contributed by atoms with Crippen LogP contribution in [0.15, 0.2) is 0 Å². The molecule has 1 rings (SSSR count). The standard InChI is InChI=1S/C9H15N3O2S/c1-4-7-8(15-12-11-7)9(13)10-6(2)5-14-3/h6H,4-5H2,1-3H3,(H,10,13)/t6-/m1/s1. The number of carbonyl (C=O) groups excluding carboxylic acids is 1. The molecule has 0 bridgehead atoms. The van der Waals surface area contributed by atoms with Crippen molar-refractivity contribution in [1.29, 1.82) is 0 Å². The molecule has 1 aromatic rings. The van der Waals surface area contributed by atoms with Crippen molar-refractivity contribution in [3.8, 4) is 0 Å². The Hall–Kier alpha value is -1.01. The number of nitrogens with one attached hydrogen (secondary N) is 1. The summed E-state index contributed by atoms with van der Waals surface area (Å²) in [7, 11) is 1.61. The fraction of sp³-hybridized carbons (Fsp3) is 0.667. The van der Waals surface area contributed by atoms with Gasteiger partial charge in [-0.25, -0.2) is 0 Å². The zero-order valence-electron chi connectivity index (χ0n) is 9.11. The second-order valence-electron chi connectivity index (χ2n) is 3.23. The lowest BCUT2D eigenvalue weighted by Crippen LogP contribution is -2.35. The van der Waals surface area contributed by atoms with Crippen molar-refractivity contribution in [3.63, 3.8) is 0 Å². The molecule has 6 heteroatoms. The van der Waals surface area contributed by atoms with Gasteiger partial charge < -0.3 is 10.1 Å². The SMILES string of the molecule is CCc1nnsc1C(=O)N[C@H](C)COC. The molecule has 0 spiro atoms. The lowest BCUT2D eigenvalue weighted by atomic mass is 10.2. The van der Waals surface area contributed by atoms with Gasteiger partial charge in [-0.1, -0.05) is 11.4 Å². The quantitative estimate of drug-likeness (QED) is 0.813. The molecule has 0 unspecified atom stereocenters. The van der Waals surface area contributed by atoms with Crippen LogP contribution in [-0.2, 0) is 11.2 Å². The van der Waals surface area contributed by atoms with Gasteiger partial charge in [0.2, 0.25) is 0 Å². The number of aryl methyl sites for hydroxylation is 1. The molecular formula is C9H15N3O2S. The van der Waals surface area contributed by atoms with Gasteiger partial charge in [-0.15, -0.1) is 5.10 Å². The fourth-order valence-electron chi connectivity index (χ4n) is 1.19. The number of methoxy groups -OCH3 is 1. The van der Waals surface area contributed by atoms with Crippen molar-refractivity contribution in [2.75, 3.05) is 13.7 Å². The Kier molecular flexibility index (Phi) is 4.64. The third-order valence-electron chi connectivity index (χ3n) is 1.89. The molecule has 0 saturated heterocycles. The number of hydrogen-bond donors (Lipinski definition) is 1. The van der Waals surface area contributed by atoms with Crippen LogP contribution in [0.2, 0.25) is 0 Å². The molecule has 1 N–H and O–H groups in total. The molecule has 1 aromatic heterocycles. The summed E-state index contributed by atoms with van der Waals surface area (Å²) < 4.78 is 8.70. The van der Waals surface area contributed by atoms with Crippen molar-refractivity contribution in [2.45, 2.75) is 26.3 Å². The lowest BCUT2D eigenvalue weighted by molar-refractivity contribution is 0.0908. The first-order valence-electron chi connectivity index (χ1n) is 4.80. The maximum Gasteiger partial charge on any atom is 0.265 e. The average Bonchev–Trinajstić information content (AvgIpc) is 2.65. The fourth-order valence-corrected chi connectivity index (χ4v) is 1.85. The molecule has 1 heterocycles. The zero-order valence-corrected chi connectivity index (χ0v) is 9.93. The van der Waals surface area contributed by atoms with Gasteiger partial charge >= 0.3 is 0 Å². The Bertz CT molecular complexity index is 327. The third-order valence-corrected chi connectivity index (χ3v) is 2.66. The van der Waals surface area contributed by atoms with E-state index in [4.69, 9.17) is 4.74 Å². The van der Waals surface area contributed by atoms with E-state index in [1.807, 2.05) is 13.8 Å². The minimum atomic E-state index is -0.119. The van der Waals surface area contributed by atoms with Gasteiger partial charge in [0.05, 0.1) is 12.3 Å². The summed E-state index contributed by atoms with van der Waals surface area (Å²) in [5.41, 5.74) is 0.752. The number of amides is 1. The summed E-state index contributed by atoms with van der Waals surface area (Å²) in [6.07, 6.45) is 0.720. The largest absolute Gasteiger partial charge is 0.383 e. The first-order valence-corrected chi connectivity index (χ1v) is 5.57. The van der Waals surface area contributed by atoms with Crippen molar-refractivity contribution in [3.05, 3.63) is 10.6 Å². The van der Waals surface area contributed by atoms with Crippen molar-refractivity contribution >= 4 is 17.4 Å². The van der Waals surface area contributed by atoms with Gasteiger partial charge in [-0.05, 0) is 24.9 Å². The van der Waals surface area contributed by atoms with Crippen LogP contribution in [0.25, 0.3) is 0 Å². The predicted molar refractivity (Wildman–Crippen MR) is 58.1 cm³/mol. The molecular weight excluding hydrogens is 214 g/mol. The Morgan fingerprint density at radius 1 is 1.67 bits per heavy atom. The third kappa shape index (κ3) is 3.24. The van der Waals surface area contributed by atoms with Gasteiger partial charge in [-0.2, -0.15) is 0 Å². The summed E-state index contributed by atoms with van der Waals surface area (Å²) in [6, 6.07) is -0.00527. The van der Waals surface area contributed by atoms with E-state index in [0.717, 1.165) is 23.6 Å². The molecule has 1 amide bonds. The van der Waals surface area contributed by atoms with Crippen LogP contribution >= 0.6 is 11.5 Å². The summed E-state index contributed by atoms with van der Waals surface area (Å²) in [5, 5.41) is 6.71. The molecule has 5 nitrogen and oxygen atoms in total. The van der Waals surface area contributed by atoms with Crippen LogP contribution in [0.4, 0.5) is 0 Å². The minimum Gasteiger partial charge on any atom is -0.383 e. The van der Waals surface area contributed by atoms with Gasteiger partial charge in [0, 0.05) is 13.2 Å².